The number of rotatable bonds is 9. The monoisotopic (exact) mass is 460 g/mol. The van der Waals surface area contributed by atoms with Gasteiger partial charge in [0.15, 0.2) is 6.29 Å². The zero-order chi connectivity index (χ0) is 24.1. The van der Waals surface area contributed by atoms with E-state index in [4.69, 9.17) is 11.5 Å². The number of carboxylic acid groups (broad SMARTS) is 1. The number of anilines is 1. The summed E-state index contributed by atoms with van der Waals surface area (Å²) in [5, 5.41) is 20.5. The summed E-state index contributed by atoms with van der Waals surface area (Å²) in [5.41, 5.74) is 11.8. The molecule has 2 aliphatic rings. The van der Waals surface area contributed by atoms with Crippen LogP contribution in [0.5, 0.6) is 0 Å². The fraction of sp³-hybridized carbons (Fsp3) is 0.450. The van der Waals surface area contributed by atoms with E-state index in [0.717, 1.165) is 5.69 Å². The summed E-state index contributed by atoms with van der Waals surface area (Å²) < 4.78 is 0. The fourth-order valence-electron chi connectivity index (χ4n) is 3.65. The summed E-state index contributed by atoms with van der Waals surface area (Å²) in [4.78, 5) is 53.2. The van der Waals surface area contributed by atoms with Gasteiger partial charge in [0, 0.05) is 30.3 Å². The summed E-state index contributed by atoms with van der Waals surface area (Å²) in [6.45, 7) is 0.980. The average molecular weight is 460 g/mol. The van der Waals surface area contributed by atoms with E-state index < -0.39 is 36.2 Å². The number of nitrogens with zero attached hydrogens (tertiary/aromatic N) is 2. The number of carbonyl (C=O) groups excluding carboxylic acids is 3. The maximum absolute atomic E-state index is 12.4. The summed E-state index contributed by atoms with van der Waals surface area (Å²) in [5.74, 6) is -2.11. The fourth-order valence-corrected chi connectivity index (χ4v) is 3.65. The first-order chi connectivity index (χ1) is 15.7. The van der Waals surface area contributed by atoms with E-state index in [9.17, 15) is 24.3 Å². The van der Waals surface area contributed by atoms with Gasteiger partial charge in [-0.25, -0.2) is 4.79 Å². The molecule has 4 atom stereocenters. The number of fused-ring (bicyclic) bond motifs is 1. The Balaban J connectivity index is 1.55. The molecule has 13 nitrogen and oxygen atoms in total. The number of aliphatic imine (C=N–C) groups is 1. The number of carbonyl (C=O) groups is 4. The Morgan fingerprint density at radius 3 is 2.61 bits per heavy atom. The van der Waals surface area contributed by atoms with Gasteiger partial charge in [-0.15, -0.1) is 0 Å². The first-order valence-corrected chi connectivity index (χ1v) is 10.4. The van der Waals surface area contributed by atoms with E-state index in [-0.39, 0.29) is 30.4 Å². The molecular formula is C20H28N8O5. The standard InChI is InChI=1S/C20H28N8O5/c1-28-12(9-24-16-15(28)18(31)27-20(22)26-16)8-23-11-4-2-10(3-5-11)17(30)25-13(19(32)33)6-7-14(21)29/h2-5,12-13,15,20,23H,6-9,22H2,1H3,(H2,21,29)(H,24,26)(H,25,30)(H,27,31)(H,32,33)/t12-,13-,15?,20?/m0/s1. The van der Waals surface area contributed by atoms with Crippen molar-refractivity contribution >= 4 is 35.2 Å². The number of nitrogens with one attached hydrogen (secondary N) is 4. The lowest BCUT2D eigenvalue weighted by Crippen LogP contribution is -2.71. The molecule has 3 rings (SSSR count). The summed E-state index contributed by atoms with van der Waals surface area (Å²) in [6.07, 6.45) is -0.886. The van der Waals surface area contributed by atoms with Crippen LogP contribution in [0.1, 0.15) is 23.2 Å². The predicted molar refractivity (Wildman–Crippen MR) is 119 cm³/mol. The minimum absolute atomic E-state index is 0.0508. The van der Waals surface area contributed by atoms with Gasteiger partial charge in [0.2, 0.25) is 11.8 Å². The second-order valence-electron chi connectivity index (χ2n) is 7.91. The van der Waals surface area contributed by atoms with E-state index >= 15 is 0 Å². The Bertz CT molecular complexity index is 950. The van der Waals surface area contributed by atoms with E-state index in [0.29, 0.717) is 18.9 Å². The van der Waals surface area contributed by atoms with E-state index in [1.165, 1.54) is 0 Å². The Morgan fingerprint density at radius 1 is 1.27 bits per heavy atom. The normalized spacial score (nSPS) is 23.3. The van der Waals surface area contributed by atoms with E-state index in [1.807, 2.05) is 11.9 Å². The van der Waals surface area contributed by atoms with Gasteiger partial charge in [-0.05, 0) is 37.7 Å². The van der Waals surface area contributed by atoms with Crippen LogP contribution >= 0.6 is 0 Å². The third kappa shape index (κ3) is 5.96. The van der Waals surface area contributed by atoms with Crippen LogP contribution < -0.4 is 32.7 Å². The van der Waals surface area contributed by atoms with Gasteiger partial charge >= 0.3 is 5.97 Å². The molecule has 1 saturated heterocycles. The first kappa shape index (κ1) is 23.9. The third-order valence-corrected chi connectivity index (χ3v) is 5.54. The number of carboxylic acids is 1. The zero-order valence-electron chi connectivity index (χ0n) is 18.1. The molecule has 13 heteroatoms. The molecule has 1 aromatic carbocycles. The molecule has 0 bridgehead atoms. The number of amides is 3. The molecule has 178 valence electrons. The molecule has 2 heterocycles. The lowest BCUT2D eigenvalue weighted by atomic mass is 10.1. The number of hydrogen-bond acceptors (Lipinski definition) is 9. The van der Waals surface area contributed by atoms with Crippen LogP contribution in [0.4, 0.5) is 5.69 Å². The number of nitrogens with two attached hydrogens (primary N) is 2. The lowest BCUT2D eigenvalue weighted by molar-refractivity contribution is -0.139. The van der Waals surface area contributed by atoms with Crippen molar-refractivity contribution in [2.45, 2.75) is 37.3 Å². The number of likely N-dealkylation sites (N-methyl/N-ethyl adjacent to an activating group) is 1. The van der Waals surface area contributed by atoms with Crippen molar-refractivity contribution in [3.63, 3.8) is 0 Å². The SMILES string of the molecule is CN1C2C(=O)NC(N)NC2=NC[C@@H]1CNc1ccc(C(=O)N[C@@H](CCC(N)=O)C(=O)O)cc1. The smallest absolute Gasteiger partial charge is 0.326 e. The molecule has 2 unspecified atom stereocenters. The van der Waals surface area contributed by atoms with Crippen LogP contribution in [0.2, 0.25) is 0 Å². The molecule has 1 aromatic rings. The zero-order valence-corrected chi connectivity index (χ0v) is 18.1. The highest BCUT2D eigenvalue weighted by molar-refractivity contribution is 6.09. The predicted octanol–water partition coefficient (Wildman–Crippen LogP) is -2.41. The molecule has 0 aromatic heterocycles. The van der Waals surface area contributed by atoms with Crippen molar-refractivity contribution in [1.82, 2.24) is 20.9 Å². The van der Waals surface area contributed by atoms with Crippen molar-refractivity contribution in [3.05, 3.63) is 29.8 Å². The second kappa shape index (κ2) is 10.3. The average Bonchev–Trinajstić information content (AvgIpc) is 2.75. The number of primary amides is 1. The maximum atomic E-state index is 12.4. The van der Waals surface area contributed by atoms with Crippen LogP contribution in [0.15, 0.2) is 29.3 Å². The molecule has 9 N–H and O–H groups in total. The Kier molecular flexibility index (Phi) is 7.45. The minimum Gasteiger partial charge on any atom is -0.480 e. The summed E-state index contributed by atoms with van der Waals surface area (Å²) >= 11 is 0. The quantitative estimate of drug-likeness (QED) is 0.209. The van der Waals surface area contributed by atoms with E-state index in [2.05, 4.69) is 26.3 Å². The first-order valence-electron chi connectivity index (χ1n) is 10.4. The summed E-state index contributed by atoms with van der Waals surface area (Å²) in [7, 11) is 1.84. The maximum Gasteiger partial charge on any atom is 0.326 e. The highest BCUT2D eigenvalue weighted by Gasteiger charge is 2.40. The number of hydrogen-bond donors (Lipinski definition) is 7. The topological polar surface area (TPSA) is 204 Å². The highest BCUT2D eigenvalue weighted by atomic mass is 16.4. The van der Waals surface area contributed by atoms with Crippen molar-refractivity contribution in [2.24, 2.45) is 16.5 Å². The second-order valence-corrected chi connectivity index (χ2v) is 7.91. The van der Waals surface area contributed by atoms with Crippen LogP contribution in [0.3, 0.4) is 0 Å². The number of benzene rings is 1. The van der Waals surface area contributed by atoms with Gasteiger partial charge in [0.05, 0.1) is 6.54 Å². The minimum atomic E-state index is -1.24. The molecule has 33 heavy (non-hydrogen) atoms. The third-order valence-electron chi connectivity index (χ3n) is 5.54. The van der Waals surface area contributed by atoms with Crippen LogP contribution in [-0.2, 0) is 14.4 Å². The van der Waals surface area contributed by atoms with Gasteiger partial charge in [-0.2, -0.15) is 0 Å². The molecule has 0 spiro atoms. The Labute approximate surface area is 190 Å². The van der Waals surface area contributed by atoms with Gasteiger partial charge in [0.1, 0.15) is 17.9 Å². The van der Waals surface area contributed by atoms with Crippen molar-refractivity contribution in [3.8, 4) is 0 Å². The van der Waals surface area contributed by atoms with Crippen LogP contribution in [0.25, 0.3) is 0 Å². The van der Waals surface area contributed by atoms with Gasteiger partial charge in [0.25, 0.3) is 5.91 Å². The summed E-state index contributed by atoms with van der Waals surface area (Å²) in [6, 6.07) is 4.71. The molecule has 2 aliphatic heterocycles. The molecule has 1 fully saturated rings. The van der Waals surface area contributed by atoms with E-state index in [1.54, 1.807) is 24.3 Å². The van der Waals surface area contributed by atoms with Crippen LogP contribution in [-0.4, -0.2) is 84.1 Å². The Hall–Kier alpha value is -3.71. The van der Waals surface area contributed by atoms with Crippen molar-refractivity contribution in [2.75, 3.05) is 25.5 Å². The number of amidine groups is 1. The van der Waals surface area contributed by atoms with Gasteiger partial charge in [-0.3, -0.25) is 30.0 Å². The molecule has 3 amide bonds. The molecular weight excluding hydrogens is 432 g/mol. The van der Waals surface area contributed by atoms with Crippen LogP contribution in [0, 0.1) is 0 Å². The lowest BCUT2D eigenvalue weighted by Gasteiger charge is -2.42. The largest absolute Gasteiger partial charge is 0.480 e. The Morgan fingerprint density at radius 2 is 1.97 bits per heavy atom. The number of aliphatic carboxylic acids is 1. The molecule has 0 radical (unpaired) electrons. The molecule has 0 aliphatic carbocycles. The van der Waals surface area contributed by atoms with Crippen molar-refractivity contribution in [1.29, 1.82) is 0 Å². The highest BCUT2D eigenvalue weighted by Crippen LogP contribution is 2.16. The molecule has 0 saturated carbocycles. The van der Waals surface area contributed by atoms with Crippen molar-refractivity contribution < 1.29 is 24.3 Å². The van der Waals surface area contributed by atoms with Gasteiger partial charge < -0.3 is 32.1 Å². The van der Waals surface area contributed by atoms with Gasteiger partial charge in [-0.1, -0.05) is 0 Å².